The van der Waals surface area contributed by atoms with Crippen molar-refractivity contribution in [1.29, 1.82) is 0 Å². The molecule has 1 aromatic carbocycles. The first-order chi connectivity index (χ1) is 10.7. The molecule has 22 heavy (non-hydrogen) atoms. The van der Waals surface area contributed by atoms with Crippen molar-refractivity contribution < 1.29 is 4.79 Å². The van der Waals surface area contributed by atoms with Gasteiger partial charge in [0.1, 0.15) is 0 Å². The molecule has 2 unspecified atom stereocenters. The van der Waals surface area contributed by atoms with Gasteiger partial charge in [0.15, 0.2) is 0 Å². The highest BCUT2D eigenvalue weighted by Gasteiger charge is 2.29. The summed E-state index contributed by atoms with van der Waals surface area (Å²) >= 11 is 0. The van der Waals surface area contributed by atoms with E-state index < -0.39 is 0 Å². The van der Waals surface area contributed by atoms with Crippen LogP contribution >= 0.6 is 0 Å². The Morgan fingerprint density at radius 2 is 1.95 bits per heavy atom. The topological polar surface area (TPSA) is 41.1 Å². The Balaban J connectivity index is 1.48. The molecule has 1 fully saturated rings. The fraction of sp³-hybridized carbons (Fsp3) is 0.526. The highest BCUT2D eigenvalue weighted by atomic mass is 16.2. The van der Waals surface area contributed by atoms with Crippen molar-refractivity contribution in [1.82, 2.24) is 5.32 Å². The molecule has 2 atom stereocenters. The minimum Gasteiger partial charge on any atom is -0.326 e. The van der Waals surface area contributed by atoms with Gasteiger partial charge in [0.05, 0.1) is 0 Å². The number of allylic oxidation sites excluding steroid dienone is 2. The third kappa shape index (κ3) is 4.20. The van der Waals surface area contributed by atoms with E-state index in [0.29, 0.717) is 6.04 Å². The molecule has 0 heterocycles. The van der Waals surface area contributed by atoms with Gasteiger partial charge in [0, 0.05) is 17.6 Å². The standard InChI is InChI=1S/C19H26N2O/c1-14(20-13-15-5-3-2-4-6-15)16-9-11-18(12-10-16)21-19(22)17-7-8-17/h2-3,9-12,14-15,17,20H,4-8,13H2,1H3,(H,21,22). The van der Waals surface area contributed by atoms with Crippen LogP contribution in [0.15, 0.2) is 36.4 Å². The van der Waals surface area contributed by atoms with Crippen LogP contribution in [-0.2, 0) is 4.79 Å². The summed E-state index contributed by atoms with van der Waals surface area (Å²) < 4.78 is 0. The molecule has 0 saturated heterocycles. The lowest BCUT2D eigenvalue weighted by Crippen LogP contribution is -2.26. The number of anilines is 1. The lowest BCUT2D eigenvalue weighted by Gasteiger charge is -2.22. The predicted octanol–water partition coefficient (Wildman–Crippen LogP) is 4.04. The Kier molecular flexibility index (Phi) is 4.94. The molecule has 0 bridgehead atoms. The first-order valence-electron chi connectivity index (χ1n) is 8.51. The van der Waals surface area contributed by atoms with Gasteiger partial charge in [0.25, 0.3) is 0 Å². The molecule has 2 aliphatic rings. The molecule has 3 rings (SSSR count). The predicted molar refractivity (Wildman–Crippen MR) is 90.7 cm³/mol. The van der Waals surface area contributed by atoms with Gasteiger partial charge in [-0.2, -0.15) is 0 Å². The van der Waals surface area contributed by atoms with Crippen LogP contribution in [0.3, 0.4) is 0 Å². The van der Waals surface area contributed by atoms with E-state index in [1.165, 1.54) is 24.8 Å². The highest BCUT2D eigenvalue weighted by Crippen LogP contribution is 2.30. The van der Waals surface area contributed by atoms with Crippen molar-refractivity contribution in [3.63, 3.8) is 0 Å². The van der Waals surface area contributed by atoms with E-state index in [4.69, 9.17) is 0 Å². The van der Waals surface area contributed by atoms with Crippen molar-refractivity contribution in [3.05, 3.63) is 42.0 Å². The molecule has 2 N–H and O–H groups in total. The maximum absolute atomic E-state index is 11.7. The smallest absolute Gasteiger partial charge is 0.227 e. The number of amides is 1. The summed E-state index contributed by atoms with van der Waals surface area (Å²) in [5.41, 5.74) is 2.18. The van der Waals surface area contributed by atoms with Gasteiger partial charge in [-0.05, 0) is 69.2 Å². The van der Waals surface area contributed by atoms with Crippen molar-refractivity contribution in [2.45, 2.75) is 45.1 Å². The summed E-state index contributed by atoms with van der Waals surface area (Å²) in [5, 5.41) is 6.62. The summed E-state index contributed by atoms with van der Waals surface area (Å²) in [6.07, 6.45) is 10.4. The van der Waals surface area contributed by atoms with E-state index in [1.54, 1.807) is 0 Å². The second-order valence-corrected chi connectivity index (χ2v) is 6.67. The number of carbonyl (C=O) groups is 1. The molecule has 118 valence electrons. The van der Waals surface area contributed by atoms with E-state index in [2.05, 4.69) is 41.8 Å². The van der Waals surface area contributed by atoms with Gasteiger partial charge in [-0.15, -0.1) is 0 Å². The zero-order valence-corrected chi connectivity index (χ0v) is 13.3. The van der Waals surface area contributed by atoms with Gasteiger partial charge in [-0.1, -0.05) is 24.3 Å². The van der Waals surface area contributed by atoms with Crippen LogP contribution in [0.5, 0.6) is 0 Å². The van der Waals surface area contributed by atoms with E-state index >= 15 is 0 Å². The van der Waals surface area contributed by atoms with Crippen molar-refractivity contribution >= 4 is 11.6 Å². The lowest BCUT2D eigenvalue weighted by molar-refractivity contribution is -0.117. The second-order valence-electron chi connectivity index (χ2n) is 6.67. The third-order valence-electron chi connectivity index (χ3n) is 4.72. The van der Waals surface area contributed by atoms with Crippen LogP contribution in [0.25, 0.3) is 0 Å². The van der Waals surface area contributed by atoms with E-state index in [-0.39, 0.29) is 11.8 Å². The van der Waals surface area contributed by atoms with Crippen molar-refractivity contribution in [2.75, 3.05) is 11.9 Å². The Morgan fingerprint density at radius 3 is 2.59 bits per heavy atom. The number of hydrogen-bond acceptors (Lipinski definition) is 2. The lowest BCUT2D eigenvalue weighted by atomic mass is 9.94. The Bertz CT molecular complexity index is 531. The van der Waals surface area contributed by atoms with Crippen LogP contribution < -0.4 is 10.6 Å². The summed E-state index contributed by atoms with van der Waals surface area (Å²) in [6.45, 7) is 3.28. The average Bonchev–Trinajstić information content (AvgIpc) is 3.39. The second kappa shape index (κ2) is 7.10. The molecule has 0 spiro atoms. The summed E-state index contributed by atoms with van der Waals surface area (Å²) in [5.74, 6) is 1.19. The number of carbonyl (C=O) groups excluding carboxylic acids is 1. The number of nitrogens with one attached hydrogen (secondary N) is 2. The minimum atomic E-state index is 0.171. The maximum atomic E-state index is 11.7. The van der Waals surface area contributed by atoms with Gasteiger partial charge < -0.3 is 10.6 Å². The van der Waals surface area contributed by atoms with Crippen molar-refractivity contribution in [2.24, 2.45) is 11.8 Å². The first-order valence-corrected chi connectivity index (χ1v) is 8.51. The normalized spacial score (nSPS) is 22.3. The molecule has 1 amide bonds. The molecular weight excluding hydrogens is 272 g/mol. The van der Waals surface area contributed by atoms with Gasteiger partial charge in [0.2, 0.25) is 5.91 Å². The molecule has 0 aliphatic heterocycles. The SMILES string of the molecule is CC(NCC1CC=CCC1)c1ccc(NC(=O)C2CC2)cc1. The first kappa shape index (κ1) is 15.3. The molecule has 1 aromatic rings. The third-order valence-corrected chi connectivity index (χ3v) is 4.72. The van der Waals surface area contributed by atoms with Crippen molar-refractivity contribution in [3.8, 4) is 0 Å². The average molecular weight is 298 g/mol. The molecule has 3 heteroatoms. The van der Waals surface area contributed by atoms with Crippen LogP contribution in [0.1, 0.15) is 50.6 Å². The monoisotopic (exact) mass is 298 g/mol. The summed E-state index contributed by atoms with van der Waals surface area (Å²) in [4.78, 5) is 11.7. The zero-order chi connectivity index (χ0) is 15.4. The zero-order valence-electron chi connectivity index (χ0n) is 13.3. The van der Waals surface area contributed by atoms with Gasteiger partial charge in [-0.25, -0.2) is 0 Å². The molecule has 2 aliphatic carbocycles. The Hall–Kier alpha value is -1.61. The molecule has 0 aromatic heterocycles. The molecule has 0 radical (unpaired) electrons. The largest absolute Gasteiger partial charge is 0.326 e. The van der Waals surface area contributed by atoms with Crippen LogP contribution in [0.4, 0.5) is 5.69 Å². The summed E-state index contributed by atoms with van der Waals surface area (Å²) in [7, 11) is 0. The molecule has 3 nitrogen and oxygen atoms in total. The van der Waals surface area contributed by atoms with Crippen LogP contribution in [-0.4, -0.2) is 12.5 Å². The van der Waals surface area contributed by atoms with Crippen LogP contribution in [0.2, 0.25) is 0 Å². The maximum Gasteiger partial charge on any atom is 0.227 e. The highest BCUT2D eigenvalue weighted by molar-refractivity contribution is 5.93. The molecular formula is C19H26N2O. The quantitative estimate of drug-likeness (QED) is 0.778. The van der Waals surface area contributed by atoms with E-state index in [9.17, 15) is 4.79 Å². The van der Waals surface area contributed by atoms with Crippen LogP contribution in [0, 0.1) is 11.8 Å². The summed E-state index contributed by atoms with van der Waals surface area (Å²) in [6, 6.07) is 8.59. The Morgan fingerprint density at radius 1 is 1.18 bits per heavy atom. The number of benzene rings is 1. The van der Waals surface area contributed by atoms with E-state index in [1.807, 2.05) is 12.1 Å². The fourth-order valence-corrected chi connectivity index (χ4v) is 2.95. The molecule has 1 saturated carbocycles. The number of rotatable bonds is 6. The fourth-order valence-electron chi connectivity index (χ4n) is 2.95. The van der Waals surface area contributed by atoms with Gasteiger partial charge >= 0.3 is 0 Å². The number of hydrogen-bond donors (Lipinski definition) is 2. The minimum absolute atomic E-state index is 0.171. The van der Waals surface area contributed by atoms with E-state index in [0.717, 1.165) is 31.0 Å². The van der Waals surface area contributed by atoms with Gasteiger partial charge in [-0.3, -0.25) is 4.79 Å². The Labute approximate surface area is 133 Å².